The lowest BCUT2D eigenvalue weighted by Crippen LogP contribution is -2.56. The Morgan fingerprint density at radius 3 is 2.17 bits per heavy atom. The molecule has 134 valence electrons. The predicted octanol–water partition coefficient (Wildman–Crippen LogP) is 3.83. The van der Waals surface area contributed by atoms with Crippen molar-refractivity contribution in [1.29, 1.82) is 0 Å². The molecular formula is C20H32N2O2. The summed E-state index contributed by atoms with van der Waals surface area (Å²) in [6, 6.07) is 0.498. The highest BCUT2D eigenvalue weighted by molar-refractivity contribution is 5.29. The SMILES string of the molecule is CC1(C)C2CCC1(C)C1(C2)ON1C1CC2CC1(C)C1(NO1)C2(C)C. The van der Waals surface area contributed by atoms with Gasteiger partial charge in [0.15, 0.2) is 11.4 Å². The minimum Gasteiger partial charge on any atom is -0.273 e. The van der Waals surface area contributed by atoms with E-state index < -0.39 is 0 Å². The molecule has 4 aliphatic carbocycles. The number of fused-ring (bicyclic) bond motifs is 6. The monoisotopic (exact) mass is 332 g/mol. The Labute approximate surface area is 145 Å². The number of rotatable bonds is 1. The van der Waals surface area contributed by atoms with Crippen molar-refractivity contribution in [3.63, 3.8) is 0 Å². The minimum atomic E-state index is -0.130. The van der Waals surface area contributed by atoms with Crippen LogP contribution < -0.4 is 5.48 Å². The van der Waals surface area contributed by atoms with Crippen LogP contribution in [0.15, 0.2) is 0 Å². The Kier molecular flexibility index (Phi) is 2.18. The van der Waals surface area contributed by atoms with Crippen molar-refractivity contribution in [3.05, 3.63) is 0 Å². The van der Waals surface area contributed by atoms with E-state index >= 15 is 0 Å². The van der Waals surface area contributed by atoms with Gasteiger partial charge in [-0.1, -0.05) is 41.5 Å². The maximum absolute atomic E-state index is 6.58. The molecule has 0 amide bonds. The average molecular weight is 332 g/mol. The first-order valence-corrected chi connectivity index (χ1v) is 9.99. The first kappa shape index (κ1) is 15.0. The fraction of sp³-hybridized carbons (Fsp3) is 1.00. The van der Waals surface area contributed by atoms with Gasteiger partial charge in [-0.15, -0.1) is 5.06 Å². The number of nitrogens with zero attached hydrogens (tertiary/aromatic N) is 1. The lowest BCUT2D eigenvalue weighted by atomic mass is 9.64. The van der Waals surface area contributed by atoms with E-state index in [0.717, 1.165) is 11.8 Å². The lowest BCUT2D eigenvalue weighted by Gasteiger charge is -2.45. The third kappa shape index (κ3) is 1.12. The van der Waals surface area contributed by atoms with Crippen LogP contribution in [0.3, 0.4) is 0 Å². The van der Waals surface area contributed by atoms with Crippen LogP contribution in [0.25, 0.3) is 0 Å². The Morgan fingerprint density at radius 1 is 0.958 bits per heavy atom. The fourth-order valence-electron chi connectivity index (χ4n) is 8.25. The lowest BCUT2D eigenvalue weighted by molar-refractivity contribution is -0.0428. The van der Waals surface area contributed by atoms with Gasteiger partial charge in [-0.2, -0.15) is 5.48 Å². The molecule has 4 saturated carbocycles. The topological polar surface area (TPSA) is 50.0 Å². The molecule has 4 heteroatoms. The molecule has 0 aromatic rings. The van der Waals surface area contributed by atoms with Crippen LogP contribution in [0.4, 0.5) is 0 Å². The molecule has 0 aromatic carbocycles. The van der Waals surface area contributed by atoms with Gasteiger partial charge in [0.25, 0.3) is 0 Å². The summed E-state index contributed by atoms with van der Waals surface area (Å²) >= 11 is 0. The standard InChI is InChI=1S/C20H32N2O2/c1-15(2)12-7-8-18(15,6)19(11-12)22(24-19)14-9-13-10-17(14,5)20(21-23-20)16(13,3)4/h12-14,21H,7-11H2,1-6H3. The third-order valence-corrected chi connectivity index (χ3v) is 10.6. The average Bonchev–Trinajstić information content (AvgIpc) is 3.36. The quantitative estimate of drug-likeness (QED) is 0.741. The van der Waals surface area contributed by atoms with E-state index in [0.29, 0.717) is 16.9 Å². The van der Waals surface area contributed by atoms with E-state index in [1.54, 1.807) is 0 Å². The van der Waals surface area contributed by atoms with Crippen molar-refractivity contribution in [3.8, 4) is 0 Å². The molecule has 0 radical (unpaired) electrons. The van der Waals surface area contributed by atoms with Crippen LogP contribution in [-0.4, -0.2) is 22.6 Å². The summed E-state index contributed by atoms with van der Waals surface area (Å²) < 4.78 is 0. The zero-order valence-electron chi connectivity index (χ0n) is 16.0. The summed E-state index contributed by atoms with van der Waals surface area (Å²) in [6.45, 7) is 14.7. The van der Waals surface area contributed by atoms with Crippen molar-refractivity contribution in [2.45, 2.75) is 91.1 Å². The molecule has 1 N–H and O–H groups in total. The molecule has 4 nitrogen and oxygen atoms in total. The second kappa shape index (κ2) is 3.49. The molecule has 2 spiro atoms. The van der Waals surface area contributed by atoms with E-state index in [1.165, 1.54) is 32.1 Å². The number of nitrogens with one attached hydrogen (secondary N) is 1. The number of hydroxylamine groups is 3. The maximum atomic E-state index is 6.58. The van der Waals surface area contributed by atoms with E-state index in [9.17, 15) is 0 Å². The molecular weight excluding hydrogens is 300 g/mol. The first-order chi connectivity index (χ1) is 11.1. The molecule has 6 fully saturated rings. The highest BCUT2D eigenvalue weighted by Gasteiger charge is 2.86. The van der Waals surface area contributed by atoms with Crippen molar-refractivity contribution < 1.29 is 9.68 Å². The molecule has 2 aliphatic heterocycles. The van der Waals surface area contributed by atoms with Crippen molar-refractivity contribution in [2.24, 2.45) is 33.5 Å². The van der Waals surface area contributed by atoms with E-state index in [1.807, 2.05) is 0 Å². The van der Waals surface area contributed by atoms with Crippen LogP contribution in [0, 0.1) is 33.5 Å². The summed E-state index contributed by atoms with van der Waals surface area (Å²) in [5.41, 5.74) is 4.29. The molecule has 2 heterocycles. The summed E-state index contributed by atoms with van der Waals surface area (Å²) in [4.78, 5) is 12.5. The minimum absolute atomic E-state index is 0.0117. The fourth-order valence-corrected chi connectivity index (χ4v) is 8.25. The Morgan fingerprint density at radius 2 is 1.67 bits per heavy atom. The molecule has 8 unspecified atom stereocenters. The zero-order chi connectivity index (χ0) is 17.0. The van der Waals surface area contributed by atoms with Crippen molar-refractivity contribution in [2.75, 3.05) is 0 Å². The molecule has 2 saturated heterocycles. The highest BCUT2D eigenvalue weighted by atomic mass is 16.9. The van der Waals surface area contributed by atoms with Gasteiger partial charge in [0.05, 0.1) is 0 Å². The molecule has 6 rings (SSSR count). The van der Waals surface area contributed by atoms with Gasteiger partial charge in [0.1, 0.15) is 0 Å². The van der Waals surface area contributed by atoms with Gasteiger partial charge < -0.3 is 0 Å². The Bertz CT molecular complexity index is 656. The predicted molar refractivity (Wildman–Crippen MR) is 90.2 cm³/mol. The van der Waals surface area contributed by atoms with Gasteiger partial charge in [0.2, 0.25) is 0 Å². The molecule has 4 bridgehead atoms. The first-order valence-electron chi connectivity index (χ1n) is 9.99. The zero-order valence-corrected chi connectivity index (χ0v) is 16.0. The molecule has 0 aromatic heterocycles. The largest absolute Gasteiger partial charge is 0.273 e. The Balaban J connectivity index is 1.37. The highest BCUT2D eigenvalue weighted by Crippen LogP contribution is 2.80. The molecule has 6 aliphatic rings. The summed E-state index contributed by atoms with van der Waals surface area (Å²) in [5.74, 6) is 1.54. The normalized spacial score (nSPS) is 66.8. The van der Waals surface area contributed by atoms with Gasteiger partial charge in [0, 0.05) is 22.3 Å². The van der Waals surface area contributed by atoms with E-state index in [-0.39, 0.29) is 22.3 Å². The smallest absolute Gasteiger partial charge is 0.174 e. The van der Waals surface area contributed by atoms with Crippen LogP contribution in [0.1, 0.15) is 73.6 Å². The summed E-state index contributed by atoms with van der Waals surface area (Å²) in [6.07, 6.45) is 6.46. The van der Waals surface area contributed by atoms with Crippen LogP contribution in [0.5, 0.6) is 0 Å². The maximum Gasteiger partial charge on any atom is 0.174 e. The molecule has 24 heavy (non-hydrogen) atoms. The second-order valence-electron chi connectivity index (χ2n) is 11.4. The van der Waals surface area contributed by atoms with Gasteiger partial charge in [-0.05, 0) is 49.4 Å². The number of hydrogen-bond donors (Lipinski definition) is 1. The van der Waals surface area contributed by atoms with Crippen LogP contribution in [-0.2, 0) is 9.68 Å². The second-order valence-corrected chi connectivity index (χ2v) is 11.4. The summed E-state index contributed by atoms with van der Waals surface area (Å²) in [5, 5.41) is 2.47. The van der Waals surface area contributed by atoms with Gasteiger partial charge in [-0.3, -0.25) is 9.68 Å². The van der Waals surface area contributed by atoms with Crippen molar-refractivity contribution >= 4 is 0 Å². The number of hydrogen-bond acceptors (Lipinski definition) is 4. The molecule has 8 atom stereocenters. The van der Waals surface area contributed by atoms with E-state index in [4.69, 9.17) is 9.68 Å². The van der Waals surface area contributed by atoms with Crippen LogP contribution in [0.2, 0.25) is 0 Å². The van der Waals surface area contributed by atoms with E-state index in [2.05, 4.69) is 52.1 Å². The van der Waals surface area contributed by atoms with Crippen molar-refractivity contribution in [1.82, 2.24) is 10.5 Å². The van der Waals surface area contributed by atoms with Gasteiger partial charge >= 0.3 is 0 Å². The third-order valence-electron chi connectivity index (χ3n) is 10.6. The van der Waals surface area contributed by atoms with Crippen LogP contribution >= 0.6 is 0 Å². The Hall–Kier alpha value is -0.160. The van der Waals surface area contributed by atoms with Gasteiger partial charge in [-0.25, -0.2) is 0 Å². The summed E-state index contributed by atoms with van der Waals surface area (Å²) in [7, 11) is 0.